The lowest BCUT2D eigenvalue weighted by molar-refractivity contribution is -0.255. The minimum Gasteiger partial charge on any atom is -0.545 e. The summed E-state index contributed by atoms with van der Waals surface area (Å²) in [6.07, 6.45) is 11.5. The molecule has 2 aromatic rings. The number of rotatable bonds is 6. The highest BCUT2D eigenvalue weighted by Gasteiger charge is 2.45. The van der Waals surface area contributed by atoms with Crippen molar-refractivity contribution in [1.82, 2.24) is 0 Å². The molecule has 3 nitrogen and oxygen atoms in total. The highest BCUT2D eigenvalue weighted by Crippen LogP contribution is 2.57. The van der Waals surface area contributed by atoms with Gasteiger partial charge in [-0.25, -0.2) is 0 Å². The lowest BCUT2D eigenvalue weighted by atomic mass is 9.71. The number of nitrogens with zero attached hydrogens (tertiary/aromatic N) is 1. The second-order valence-corrected chi connectivity index (χ2v) is 9.17. The van der Waals surface area contributed by atoms with Crippen molar-refractivity contribution >= 4 is 11.7 Å². The number of carboxylic acid groups (broad SMARTS) is 1. The lowest BCUT2D eigenvalue weighted by Crippen LogP contribution is -2.44. The van der Waals surface area contributed by atoms with Crippen LogP contribution >= 0.6 is 0 Å². The molecule has 0 spiro atoms. The van der Waals surface area contributed by atoms with Crippen molar-refractivity contribution in [2.45, 2.75) is 63.3 Å². The number of carbonyl (C=O) groups excluding carboxylic acids is 1. The Labute approximate surface area is 179 Å². The fraction of sp³-hybridized carbons (Fsp3) is 0.444. The van der Waals surface area contributed by atoms with Crippen molar-refractivity contribution in [3.05, 3.63) is 76.9 Å². The van der Waals surface area contributed by atoms with E-state index < -0.39 is 5.97 Å². The summed E-state index contributed by atoms with van der Waals surface area (Å²) in [5.74, 6) is 0.136. The van der Waals surface area contributed by atoms with Crippen molar-refractivity contribution in [2.75, 3.05) is 11.4 Å². The van der Waals surface area contributed by atoms with Gasteiger partial charge in [-0.3, -0.25) is 0 Å². The van der Waals surface area contributed by atoms with Gasteiger partial charge >= 0.3 is 0 Å². The smallest absolute Gasteiger partial charge is 0.0715 e. The van der Waals surface area contributed by atoms with Crippen LogP contribution in [0.4, 0.5) is 5.69 Å². The fourth-order valence-corrected chi connectivity index (χ4v) is 6.12. The van der Waals surface area contributed by atoms with Crippen LogP contribution in [0.2, 0.25) is 0 Å². The maximum Gasteiger partial charge on any atom is 0.0715 e. The zero-order valence-corrected chi connectivity index (χ0v) is 17.7. The molecule has 0 aromatic heterocycles. The molecule has 3 heteroatoms. The van der Waals surface area contributed by atoms with Gasteiger partial charge in [0.05, 0.1) is 12.0 Å². The molecule has 3 aliphatic rings. The second-order valence-electron chi connectivity index (χ2n) is 9.17. The van der Waals surface area contributed by atoms with Gasteiger partial charge in [0.25, 0.3) is 0 Å². The highest BCUT2D eigenvalue weighted by molar-refractivity contribution is 5.88. The molecular formula is C27H30NO2-. The fourth-order valence-electron chi connectivity index (χ4n) is 6.12. The van der Waals surface area contributed by atoms with Crippen LogP contribution in [0.5, 0.6) is 0 Å². The van der Waals surface area contributed by atoms with Crippen molar-refractivity contribution < 1.29 is 9.90 Å². The molecule has 0 N–H and O–H groups in total. The van der Waals surface area contributed by atoms with Crippen LogP contribution in [0.25, 0.3) is 0 Å². The Morgan fingerprint density at radius 2 is 1.93 bits per heavy atom. The van der Waals surface area contributed by atoms with E-state index in [9.17, 15) is 9.90 Å². The highest BCUT2D eigenvalue weighted by atomic mass is 16.4. The Kier molecular flexibility index (Phi) is 5.14. The molecule has 4 atom stereocenters. The van der Waals surface area contributed by atoms with Gasteiger partial charge in [0.15, 0.2) is 0 Å². The summed E-state index contributed by atoms with van der Waals surface area (Å²) in [5.41, 5.74) is 5.49. The Morgan fingerprint density at radius 3 is 2.70 bits per heavy atom. The monoisotopic (exact) mass is 400 g/mol. The number of benzene rings is 2. The number of fused-ring (bicyclic) bond motifs is 2. The molecule has 5 rings (SSSR count). The summed E-state index contributed by atoms with van der Waals surface area (Å²) in [5, 5.41) is 11.9. The van der Waals surface area contributed by atoms with Crippen LogP contribution in [0.15, 0.2) is 54.6 Å². The molecule has 2 aromatic carbocycles. The summed E-state index contributed by atoms with van der Waals surface area (Å²) in [7, 11) is 0. The first-order valence-corrected chi connectivity index (χ1v) is 11.6. The third-order valence-corrected chi connectivity index (χ3v) is 7.46. The minimum absolute atomic E-state index is 0.286. The summed E-state index contributed by atoms with van der Waals surface area (Å²) in [6, 6.07) is 15.1. The number of aromatic carboxylic acids is 1. The topological polar surface area (TPSA) is 43.4 Å². The Morgan fingerprint density at radius 1 is 1.13 bits per heavy atom. The van der Waals surface area contributed by atoms with Gasteiger partial charge in [0.1, 0.15) is 0 Å². The summed E-state index contributed by atoms with van der Waals surface area (Å²) in [6.45, 7) is 3.28. The molecule has 0 bridgehead atoms. The summed E-state index contributed by atoms with van der Waals surface area (Å²) >= 11 is 0. The normalized spacial score (nSPS) is 26.4. The van der Waals surface area contributed by atoms with Gasteiger partial charge in [-0.05, 0) is 65.5 Å². The van der Waals surface area contributed by atoms with Crippen LogP contribution in [0.1, 0.15) is 90.4 Å². The molecule has 0 amide bonds. The number of hydrogen-bond acceptors (Lipinski definition) is 3. The third kappa shape index (κ3) is 3.15. The number of carboxylic acids is 1. The van der Waals surface area contributed by atoms with E-state index in [2.05, 4.69) is 54.3 Å². The lowest BCUT2D eigenvalue weighted by Gasteiger charge is -2.50. The predicted molar refractivity (Wildman–Crippen MR) is 119 cm³/mol. The van der Waals surface area contributed by atoms with Gasteiger partial charge in [-0.15, -0.1) is 0 Å². The quantitative estimate of drug-likeness (QED) is 0.486. The van der Waals surface area contributed by atoms with E-state index in [0.717, 1.165) is 25.8 Å². The van der Waals surface area contributed by atoms with Gasteiger partial charge in [0.2, 0.25) is 0 Å². The molecule has 2 aliphatic heterocycles. The van der Waals surface area contributed by atoms with Crippen LogP contribution in [-0.2, 0) is 0 Å². The van der Waals surface area contributed by atoms with E-state index in [-0.39, 0.29) is 5.92 Å². The molecular weight excluding hydrogens is 370 g/mol. The molecule has 0 saturated heterocycles. The Bertz CT molecular complexity index is 964. The summed E-state index contributed by atoms with van der Waals surface area (Å²) < 4.78 is 0. The maximum atomic E-state index is 11.9. The maximum absolute atomic E-state index is 11.9. The van der Waals surface area contributed by atoms with E-state index in [4.69, 9.17) is 0 Å². The van der Waals surface area contributed by atoms with Crippen molar-refractivity contribution in [2.24, 2.45) is 5.92 Å². The number of hydrogen-bond donors (Lipinski definition) is 0. The van der Waals surface area contributed by atoms with E-state index in [0.29, 0.717) is 23.4 Å². The molecule has 156 valence electrons. The molecule has 30 heavy (non-hydrogen) atoms. The number of carbonyl (C=O) groups is 1. The second kappa shape index (κ2) is 7.94. The van der Waals surface area contributed by atoms with Gasteiger partial charge in [-0.1, -0.05) is 68.7 Å². The van der Waals surface area contributed by atoms with Crippen LogP contribution in [0, 0.1) is 5.92 Å². The minimum atomic E-state index is -1.05. The average molecular weight is 401 g/mol. The third-order valence-electron chi connectivity index (χ3n) is 7.46. The summed E-state index contributed by atoms with van der Waals surface area (Å²) in [4.78, 5) is 14.5. The predicted octanol–water partition coefficient (Wildman–Crippen LogP) is 5.34. The van der Waals surface area contributed by atoms with Gasteiger partial charge in [-0.2, -0.15) is 0 Å². The largest absolute Gasteiger partial charge is 0.545 e. The first-order chi connectivity index (χ1) is 14.7. The zero-order chi connectivity index (χ0) is 20.7. The Hall–Kier alpha value is -2.55. The van der Waals surface area contributed by atoms with Gasteiger partial charge in [0, 0.05) is 18.2 Å². The van der Waals surface area contributed by atoms with E-state index in [1.54, 1.807) is 0 Å². The molecule has 1 aliphatic carbocycles. The number of allylic oxidation sites excluding steroid dienone is 2. The van der Waals surface area contributed by atoms with Crippen LogP contribution in [-0.4, -0.2) is 12.5 Å². The van der Waals surface area contributed by atoms with Gasteiger partial charge < -0.3 is 14.8 Å². The van der Waals surface area contributed by atoms with E-state index in [1.165, 1.54) is 41.6 Å². The van der Waals surface area contributed by atoms with E-state index >= 15 is 0 Å². The van der Waals surface area contributed by atoms with Crippen molar-refractivity contribution in [3.8, 4) is 0 Å². The van der Waals surface area contributed by atoms with Crippen molar-refractivity contribution in [3.63, 3.8) is 0 Å². The number of unbranched alkanes of at least 4 members (excludes halogenated alkanes) is 2. The molecule has 2 heterocycles. The number of anilines is 1. The standard InChI is InChI=1S/C27H31NO2/c1-2-3-5-9-18-14-15-28-25(19-10-6-4-7-11-19)22-13-8-12-21(22)24-17-20(27(29)30)16-23(18)26(24)28/h4,6-8,10-12,16-18,21-22,25H,2-3,5,9,13-15H2,1H3,(H,29,30)/p-1/t18-,21-,22+,25+/m1/s1. The first kappa shape index (κ1) is 19.4. The van der Waals surface area contributed by atoms with Crippen molar-refractivity contribution in [1.29, 1.82) is 0 Å². The van der Waals surface area contributed by atoms with Crippen LogP contribution < -0.4 is 10.0 Å². The first-order valence-electron chi connectivity index (χ1n) is 11.6. The molecule has 0 radical (unpaired) electrons. The SMILES string of the molecule is CCCCC[C@@H]1CCN2c3c1cc(C(=O)[O-])cc3[C@@H]1C=CC[C@@H]1[C@@H]2c1ccccc1. The molecule has 0 unspecified atom stereocenters. The zero-order valence-electron chi connectivity index (χ0n) is 17.7. The molecule has 0 saturated carbocycles. The Balaban J connectivity index is 1.65. The average Bonchev–Trinajstić information content (AvgIpc) is 3.25. The molecule has 0 fully saturated rings. The van der Waals surface area contributed by atoms with E-state index in [1.807, 2.05) is 12.1 Å². The van der Waals surface area contributed by atoms with Crippen LogP contribution in [0.3, 0.4) is 0 Å².